The van der Waals surface area contributed by atoms with E-state index in [4.69, 9.17) is 5.73 Å². The summed E-state index contributed by atoms with van der Waals surface area (Å²) in [6.45, 7) is 0.469. The molecule has 6 heteroatoms. The fraction of sp³-hybridized carbons (Fsp3) is 0.188. The van der Waals surface area contributed by atoms with Gasteiger partial charge in [0.05, 0.1) is 0 Å². The van der Waals surface area contributed by atoms with Gasteiger partial charge in [0.25, 0.3) is 5.56 Å². The largest absolute Gasteiger partial charge is 0.369 e. The summed E-state index contributed by atoms with van der Waals surface area (Å²) < 4.78 is 1.52. The Morgan fingerprint density at radius 2 is 1.73 bits per heavy atom. The van der Waals surface area contributed by atoms with Crippen molar-refractivity contribution in [3.05, 3.63) is 59.0 Å². The molecule has 0 saturated carbocycles. The van der Waals surface area contributed by atoms with Gasteiger partial charge in [-0.15, -0.1) is 0 Å². The number of rotatable bonds is 3. The first-order valence-electron chi connectivity index (χ1n) is 6.97. The fourth-order valence-corrected chi connectivity index (χ4v) is 2.63. The van der Waals surface area contributed by atoms with Crippen molar-refractivity contribution in [2.75, 3.05) is 11.4 Å². The molecule has 2 N–H and O–H groups in total. The number of hydrogen-bond acceptors (Lipinski definition) is 3. The molecule has 1 aliphatic rings. The van der Waals surface area contributed by atoms with Gasteiger partial charge in [-0.25, -0.2) is 0 Å². The number of nitrogens with two attached hydrogens (primary N) is 1. The van der Waals surface area contributed by atoms with Gasteiger partial charge in [0.15, 0.2) is 0 Å². The van der Waals surface area contributed by atoms with Crippen molar-refractivity contribution < 1.29 is 9.59 Å². The highest BCUT2D eigenvalue weighted by atomic mass is 16.2. The highest BCUT2D eigenvalue weighted by Crippen LogP contribution is 2.25. The molecule has 2 aromatic rings. The maximum atomic E-state index is 12.1. The van der Waals surface area contributed by atoms with Crippen LogP contribution < -0.4 is 16.2 Å². The van der Waals surface area contributed by atoms with E-state index in [1.165, 1.54) is 10.6 Å². The average molecular weight is 297 g/mol. The molecule has 0 bridgehead atoms. The molecular weight excluding hydrogens is 282 g/mol. The molecule has 1 saturated heterocycles. The molecule has 22 heavy (non-hydrogen) atoms. The fourth-order valence-electron chi connectivity index (χ4n) is 2.63. The number of aromatic nitrogens is 1. The van der Waals surface area contributed by atoms with Gasteiger partial charge < -0.3 is 10.6 Å². The van der Waals surface area contributed by atoms with E-state index in [1.807, 2.05) is 0 Å². The van der Waals surface area contributed by atoms with Crippen molar-refractivity contribution in [2.45, 2.75) is 6.42 Å². The predicted molar refractivity (Wildman–Crippen MR) is 81.7 cm³/mol. The third-order valence-corrected chi connectivity index (χ3v) is 3.81. The Kier molecular flexibility index (Phi) is 3.50. The van der Waals surface area contributed by atoms with Gasteiger partial charge in [-0.05, 0) is 36.8 Å². The maximum Gasteiger partial charge on any atom is 0.255 e. The van der Waals surface area contributed by atoms with Gasteiger partial charge in [0.1, 0.15) is 5.92 Å². The number of anilines is 1. The van der Waals surface area contributed by atoms with Gasteiger partial charge in [-0.3, -0.25) is 19.0 Å². The number of primary amides is 1. The lowest BCUT2D eigenvalue weighted by Crippen LogP contribution is -2.33. The molecule has 0 aliphatic carbocycles. The first-order valence-corrected chi connectivity index (χ1v) is 6.97. The van der Waals surface area contributed by atoms with Crippen LogP contribution in [-0.2, 0) is 9.59 Å². The summed E-state index contributed by atoms with van der Waals surface area (Å²) in [7, 11) is 0. The second kappa shape index (κ2) is 5.48. The highest BCUT2D eigenvalue weighted by molar-refractivity contribution is 6.09. The summed E-state index contributed by atoms with van der Waals surface area (Å²) in [5, 5.41) is 0. The Morgan fingerprint density at radius 3 is 2.32 bits per heavy atom. The molecule has 0 radical (unpaired) electrons. The minimum atomic E-state index is -0.739. The third-order valence-electron chi connectivity index (χ3n) is 3.81. The molecule has 1 aromatic heterocycles. The summed E-state index contributed by atoms with van der Waals surface area (Å²) in [4.78, 5) is 36.7. The number of nitrogens with zero attached hydrogens (tertiary/aromatic N) is 2. The van der Waals surface area contributed by atoms with Crippen molar-refractivity contribution in [1.29, 1.82) is 0 Å². The van der Waals surface area contributed by atoms with Crippen LogP contribution in [0.3, 0.4) is 0 Å². The van der Waals surface area contributed by atoms with Crippen molar-refractivity contribution in [1.82, 2.24) is 4.57 Å². The average Bonchev–Trinajstić information content (AvgIpc) is 2.90. The van der Waals surface area contributed by atoms with Crippen molar-refractivity contribution >= 4 is 17.5 Å². The lowest BCUT2D eigenvalue weighted by molar-refractivity contribution is -0.130. The van der Waals surface area contributed by atoms with Crippen molar-refractivity contribution in [3.8, 4) is 5.69 Å². The molecule has 112 valence electrons. The van der Waals surface area contributed by atoms with Gasteiger partial charge in [0, 0.05) is 30.2 Å². The van der Waals surface area contributed by atoms with Crippen LogP contribution in [-0.4, -0.2) is 22.9 Å². The minimum absolute atomic E-state index is 0.124. The standard InChI is InChI=1S/C16H15N3O3/c17-15(21)13-8-10-19(16(13)22)12-6-4-11(5-7-12)18-9-2-1-3-14(18)20/h1-7,9,13H,8,10H2,(H2,17,21). The molecule has 1 aromatic carbocycles. The van der Waals surface area contributed by atoms with Gasteiger partial charge in [0.2, 0.25) is 11.8 Å². The Labute approximate surface area is 126 Å². The number of hydrogen-bond donors (Lipinski definition) is 1. The van der Waals surface area contributed by atoms with E-state index in [0.717, 1.165) is 0 Å². The number of carbonyl (C=O) groups excluding carboxylic acids is 2. The second-order valence-electron chi connectivity index (χ2n) is 5.16. The zero-order chi connectivity index (χ0) is 15.7. The second-order valence-corrected chi connectivity index (χ2v) is 5.16. The Bertz CT molecular complexity index is 780. The lowest BCUT2D eigenvalue weighted by Gasteiger charge is -2.17. The van der Waals surface area contributed by atoms with E-state index in [2.05, 4.69) is 0 Å². The van der Waals surface area contributed by atoms with Crippen LogP contribution in [0.15, 0.2) is 53.5 Å². The van der Waals surface area contributed by atoms with E-state index < -0.39 is 11.8 Å². The zero-order valence-electron chi connectivity index (χ0n) is 11.8. The topological polar surface area (TPSA) is 85.4 Å². The zero-order valence-corrected chi connectivity index (χ0v) is 11.8. The smallest absolute Gasteiger partial charge is 0.255 e. The van der Waals surface area contributed by atoms with Crippen LogP contribution in [0.5, 0.6) is 0 Å². The number of benzene rings is 1. The number of amides is 2. The summed E-state index contributed by atoms with van der Waals surface area (Å²) in [6, 6.07) is 12.0. The molecular formula is C16H15N3O3. The summed E-state index contributed by atoms with van der Waals surface area (Å²) in [5.74, 6) is -1.59. The van der Waals surface area contributed by atoms with Gasteiger partial charge in [-0.2, -0.15) is 0 Å². The van der Waals surface area contributed by atoms with E-state index in [9.17, 15) is 14.4 Å². The molecule has 1 fully saturated rings. The number of pyridine rings is 1. The highest BCUT2D eigenvalue weighted by Gasteiger charge is 2.36. The minimum Gasteiger partial charge on any atom is -0.369 e. The Morgan fingerprint density at radius 1 is 1.05 bits per heavy atom. The summed E-state index contributed by atoms with van der Waals surface area (Å²) in [6.07, 6.45) is 2.12. The molecule has 1 unspecified atom stereocenters. The van der Waals surface area contributed by atoms with Crippen LogP contribution in [0.1, 0.15) is 6.42 Å². The molecule has 1 atom stereocenters. The van der Waals surface area contributed by atoms with E-state index in [1.54, 1.807) is 47.5 Å². The molecule has 1 aliphatic heterocycles. The van der Waals surface area contributed by atoms with Crippen LogP contribution >= 0.6 is 0 Å². The van der Waals surface area contributed by atoms with Crippen LogP contribution in [0.4, 0.5) is 5.69 Å². The van der Waals surface area contributed by atoms with Gasteiger partial charge in [-0.1, -0.05) is 6.07 Å². The van der Waals surface area contributed by atoms with Crippen molar-refractivity contribution in [3.63, 3.8) is 0 Å². The van der Waals surface area contributed by atoms with E-state index >= 15 is 0 Å². The molecule has 0 spiro atoms. The van der Waals surface area contributed by atoms with Crippen LogP contribution in [0.25, 0.3) is 5.69 Å². The Balaban J connectivity index is 1.87. The quantitative estimate of drug-likeness (QED) is 0.845. The first kappa shape index (κ1) is 14.1. The van der Waals surface area contributed by atoms with E-state index in [-0.39, 0.29) is 11.5 Å². The maximum absolute atomic E-state index is 12.1. The number of carbonyl (C=O) groups is 2. The summed E-state index contributed by atoms with van der Waals surface area (Å²) >= 11 is 0. The van der Waals surface area contributed by atoms with Crippen LogP contribution in [0.2, 0.25) is 0 Å². The van der Waals surface area contributed by atoms with Crippen molar-refractivity contribution in [2.24, 2.45) is 11.7 Å². The lowest BCUT2D eigenvalue weighted by atomic mass is 10.1. The predicted octanol–water partition coefficient (Wildman–Crippen LogP) is 0.676. The molecule has 2 amide bonds. The molecule has 3 rings (SSSR count). The van der Waals surface area contributed by atoms with E-state index in [0.29, 0.717) is 24.3 Å². The Hall–Kier alpha value is -2.89. The SMILES string of the molecule is NC(=O)C1CCN(c2ccc(-n3ccccc3=O)cc2)C1=O. The monoisotopic (exact) mass is 297 g/mol. The van der Waals surface area contributed by atoms with Gasteiger partial charge >= 0.3 is 0 Å². The first-order chi connectivity index (χ1) is 10.6. The summed E-state index contributed by atoms with van der Waals surface area (Å²) in [5.41, 5.74) is 6.51. The normalized spacial score (nSPS) is 17.7. The molecule has 6 nitrogen and oxygen atoms in total. The third kappa shape index (κ3) is 2.39. The molecule has 2 heterocycles. The van der Waals surface area contributed by atoms with Crippen LogP contribution in [0, 0.1) is 5.92 Å².